The van der Waals surface area contributed by atoms with Crippen LogP contribution >= 0.6 is 0 Å². The van der Waals surface area contributed by atoms with Crippen molar-refractivity contribution in [2.45, 2.75) is 225 Å². The van der Waals surface area contributed by atoms with Crippen LogP contribution in [0.25, 0.3) is 0 Å². The molecule has 0 bridgehead atoms. The number of carbonyl (C=O) groups is 3. The Morgan fingerprint density at radius 1 is 0.397 bits per heavy atom. The molecule has 0 heterocycles. The molecular formula is C69H111NO8. The fourth-order valence-corrected chi connectivity index (χ4v) is 7.65. The lowest BCUT2D eigenvalue weighted by atomic mass is 10.1. The van der Waals surface area contributed by atoms with Gasteiger partial charge in [0.05, 0.1) is 40.3 Å². The normalized spacial score (nSPS) is 13.8. The van der Waals surface area contributed by atoms with Crippen LogP contribution in [0.5, 0.6) is 0 Å². The number of likely N-dealkylation sites (N-methyl/N-ethyl adjacent to an activating group) is 1. The Morgan fingerprint density at radius 2 is 0.731 bits per heavy atom. The number of aliphatic carboxylic acids is 1. The van der Waals surface area contributed by atoms with E-state index in [0.717, 1.165) is 141 Å². The summed E-state index contributed by atoms with van der Waals surface area (Å²) in [6, 6.07) is 0. The first kappa shape index (κ1) is 73.2. The van der Waals surface area contributed by atoms with Crippen molar-refractivity contribution in [1.29, 1.82) is 0 Å². The molecule has 0 aliphatic heterocycles. The summed E-state index contributed by atoms with van der Waals surface area (Å²) in [7, 11) is 5.90. The fraction of sp³-hybridized carbons (Fsp3) is 0.609. The third-order valence-electron chi connectivity index (χ3n) is 12.3. The molecule has 440 valence electrons. The molecule has 0 aliphatic rings. The number of hydrogen-bond acceptors (Lipinski definition) is 8. The van der Waals surface area contributed by atoms with Crippen molar-refractivity contribution in [2.24, 2.45) is 0 Å². The number of allylic oxidation sites excluding steroid dienone is 24. The highest BCUT2D eigenvalue weighted by molar-refractivity contribution is 5.70. The first-order valence-electron chi connectivity index (χ1n) is 30.5. The third kappa shape index (κ3) is 58.8. The number of carboxylic acid groups (broad SMARTS) is 1. The Hall–Kier alpha value is -4.83. The van der Waals surface area contributed by atoms with Gasteiger partial charge in [0.2, 0.25) is 0 Å². The van der Waals surface area contributed by atoms with E-state index in [0.29, 0.717) is 23.9 Å². The molecule has 9 heteroatoms. The number of unbranched alkanes of at least 4 members (excludes halogenated alkanes) is 15. The molecule has 2 atom stereocenters. The third-order valence-corrected chi connectivity index (χ3v) is 12.3. The summed E-state index contributed by atoms with van der Waals surface area (Å²) in [6.45, 7) is 4.56. The van der Waals surface area contributed by atoms with E-state index >= 15 is 0 Å². The summed E-state index contributed by atoms with van der Waals surface area (Å²) < 4.78 is 22.6. The van der Waals surface area contributed by atoms with Crippen LogP contribution in [0.1, 0.15) is 213 Å². The van der Waals surface area contributed by atoms with Gasteiger partial charge >= 0.3 is 11.9 Å². The second-order valence-corrected chi connectivity index (χ2v) is 20.9. The number of hydrogen-bond donors (Lipinski definition) is 0. The fourth-order valence-electron chi connectivity index (χ4n) is 7.65. The van der Waals surface area contributed by atoms with Crippen molar-refractivity contribution in [1.82, 2.24) is 0 Å². The zero-order valence-electron chi connectivity index (χ0n) is 50.0. The summed E-state index contributed by atoms with van der Waals surface area (Å²) in [5, 5.41) is 11.8. The average molecular weight is 1080 g/mol. The molecule has 0 fully saturated rings. The molecule has 9 nitrogen and oxygen atoms in total. The number of quaternary nitrogens is 1. The van der Waals surface area contributed by atoms with Gasteiger partial charge in [-0.3, -0.25) is 9.59 Å². The van der Waals surface area contributed by atoms with Crippen molar-refractivity contribution < 1.29 is 42.9 Å². The van der Waals surface area contributed by atoms with E-state index in [1.165, 1.54) is 32.1 Å². The Balaban J connectivity index is 4.27. The number of nitrogens with zero attached hydrogens (tertiary/aromatic N) is 1. The van der Waals surface area contributed by atoms with Crippen LogP contribution in [-0.2, 0) is 33.3 Å². The molecule has 0 amide bonds. The minimum Gasteiger partial charge on any atom is -0.545 e. The Morgan fingerprint density at radius 3 is 1.09 bits per heavy atom. The topological polar surface area (TPSA) is 111 Å². The van der Waals surface area contributed by atoms with Crippen LogP contribution in [-0.4, -0.2) is 82.3 Å². The van der Waals surface area contributed by atoms with E-state index in [1.54, 1.807) is 0 Å². The highest BCUT2D eigenvalue weighted by Gasteiger charge is 2.22. The van der Waals surface area contributed by atoms with Gasteiger partial charge in [0.1, 0.15) is 13.2 Å². The van der Waals surface area contributed by atoms with Gasteiger partial charge in [-0.15, -0.1) is 0 Å². The van der Waals surface area contributed by atoms with E-state index < -0.39 is 24.3 Å². The molecule has 0 radical (unpaired) electrons. The standard InChI is InChI=1S/C69H111NO8/c1-6-8-10-12-14-16-18-20-22-24-25-26-27-28-29-30-31-32-33-34-35-36-37-38-39-40-41-42-43-44-46-48-50-52-54-56-58-60-67(72)78-65(64-77-69(68(73)74)75-62-61-70(3,4)5)63-76-66(71)59-57-55-53-51-49-47-45-23-21-19-17-15-13-11-9-7-2/h8,10,14,16-17,19-20,22-23,25-26,28-29,31-32,34-35,37-38,40-41,43-45,65,69H,6-7,9,11-13,15,18,21,24,27,30,33,36,39,42,46-64H2,1-5H3/b10-8-,16-14-,19-17-,22-20-,26-25-,29-28-,32-31-,35-34-,38-37-,41-40-,44-43-,45-23-. The first-order chi connectivity index (χ1) is 38.1. The van der Waals surface area contributed by atoms with E-state index in [2.05, 4.69) is 160 Å². The maximum Gasteiger partial charge on any atom is 0.306 e. The minimum absolute atomic E-state index is 0.134. The van der Waals surface area contributed by atoms with Gasteiger partial charge in [-0.2, -0.15) is 0 Å². The quantitative estimate of drug-likeness (QED) is 0.0195. The summed E-state index contributed by atoms with van der Waals surface area (Å²) in [4.78, 5) is 37.3. The summed E-state index contributed by atoms with van der Waals surface area (Å²) in [5.74, 6) is -2.34. The Kier molecular flexibility index (Phi) is 54.7. The Bertz CT molecular complexity index is 1780. The van der Waals surface area contributed by atoms with Gasteiger partial charge < -0.3 is 33.3 Å². The van der Waals surface area contributed by atoms with Gasteiger partial charge in [0.25, 0.3) is 0 Å². The molecule has 0 rings (SSSR count). The Labute approximate surface area is 477 Å². The summed E-state index contributed by atoms with van der Waals surface area (Å²) in [5.41, 5.74) is 0. The molecule has 0 saturated carbocycles. The molecule has 0 saturated heterocycles. The number of carboxylic acids is 1. The monoisotopic (exact) mass is 1080 g/mol. The van der Waals surface area contributed by atoms with Gasteiger partial charge in [-0.1, -0.05) is 224 Å². The highest BCUT2D eigenvalue weighted by Crippen LogP contribution is 2.13. The number of esters is 2. The molecule has 0 aromatic rings. The summed E-state index contributed by atoms with van der Waals surface area (Å²) in [6.07, 6.45) is 81.9. The van der Waals surface area contributed by atoms with Crippen molar-refractivity contribution in [3.8, 4) is 0 Å². The second-order valence-electron chi connectivity index (χ2n) is 20.9. The predicted octanol–water partition coefficient (Wildman–Crippen LogP) is 17.1. The van der Waals surface area contributed by atoms with Gasteiger partial charge in [-0.05, 0) is 122 Å². The number of carbonyl (C=O) groups excluding carboxylic acids is 3. The van der Waals surface area contributed by atoms with E-state index in [1.807, 2.05) is 21.1 Å². The minimum atomic E-state index is -1.64. The molecule has 0 N–H and O–H groups in total. The average Bonchev–Trinajstić information content (AvgIpc) is 3.41. The molecule has 0 aromatic heterocycles. The van der Waals surface area contributed by atoms with Crippen LogP contribution in [0, 0.1) is 0 Å². The SMILES string of the molecule is CC/C=C\C/C=C\C/C=C\C/C=C\C/C=C\C/C=C\C/C=C\C/C=C\C/C=C\C/C=C\CCCCCCCCC(=O)OC(COC(=O)CCCCCCC/C=C\C/C=C\CCCCCC)COC(OCC[N+](C)(C)C)C(=O)[O-]. The van der Waals surface area contributed by atoms with Crippen molar-refractivity contribution in [3.63, 3.8) is 0 Å². The van der Waals surface area contributed by atoms with Crippen molar-refractivity contribution in [3.05, 3.63) is 146 Å². The zero-order chi connectivity index (χ0) is 56.9. The van der Waals surface area contributed by atoms with E-state index in [4.69, 9.17) is 18.9 Å². The largest absolute Gasteiger partial charge is 0.545 e. The number of rotatable bonds is 54. The molecular weight excluding hydrogens is 971 g/mol. The zero-order valence-corrected chi connectivity index (χ0v) is 50.0. The van der Waals surface area contributed by atoms with Crippen LogP contribution in [0.4, 0.5) is 0 Å². The van der Waals surface area contributed by atoms with Gasteiger partial charge in [-0.25, -0.2) is 0 Å². The van der Waals surface area contributed by atoms with E-state index in [-0.39, 0.29) is 38.6 Å². The van der Waals surface area contributed by atoms with Crippen LogP contribution in [0.15, 0.2) is 146 Å². The van der Waals surface area contributed by atoms with Gasteiger partial charge in [0, 0.05) is 12.8 Å². The predicted molar refractivity (Wildman–Crippen MR) is 329 cm³/mol. The molecule has 0 spiro atoms. The van der Waals surface area contributed by atoms with Crippen molar-refractivity contribution >= 4 is 17.9 Å². The second kappa shape index (κ2) is 58.3. The summed E-state index contributed by atoms with van der Waals surface area (Å²) >= 11 is 0. The lowest BCUT2D eigenvalue weighted by Crippen LogP contribution is -2.44. The maximum atomic E-state index is 12.9. The molecule has 0 aliphatic carbocycles. The van der Waals surface area contributed by atoms with Crippen LogP contribution in [0.3, 0.4) is 0 Å². The maximum absolute atomic E-state index is 12.9. The van der Waals surface area contributed by atoms with Crippen LogP contribution in [0.2, 0.25) is 0 Å². The molecule has 0 aromatic carbocycles. The first-order valence-corrected chi connectivity index (χ1v) is 30.5. The van der Waals surface area contributed by atoms with Crippen molar-refractivity contribution in [2.75, 3.05) is 47.5 Å². The number of ether oxygens (including phenoxy) is 4. The van der Waals surface area contributed by atoms with E-state index in [9.17, 15) is 19.5 Å². The van der Waals surface area contributed by atoms with Gasteiger partial charge in [0.15, 0.2) is 12.4 Å². The lowest BCUT2D eigenvalue weighted by Gasteiger charge is -2.26. The molecule has 2 unspecified atom stereocenters. The van der Waals surface area contributed by atoms with Crippen LogP contribution < -0.4 is 5.11 Å². The highest BCUT2D eigenvalue weighted by atomic mass is 16.7. The lowest BCUT2D eigenvalue weighted by molar-refractivity contribution is -0.870. The molecule has 78 heavy (non-hydrogen) atoms. The smallest absolute Gasteiger partial charge is 0.306 e.